The molecule has 1 saturated heterocycles. The van der Waals surface area contributed by atoms with Crippen LogP contribution in [0.15, 0.2) is 80.7 Å². The molecule has 1 aliphatic rings. The zero-order chi connectivity index (χ0) is 21.4. The highest BCUT2D eigenvalue weighted by atomic mass is 35.5. The van der Waals surface area contributed by atoms with E-state index in [0.29, 0.717) is 6.54 Å². The summed E-state index contributed by atoms with van der Waals surface area (Å²) in [7, 11) is -5.93. The van der Waals surface area contributed by atoms with Gasteiger partial charge in [0, 0.05) is 13.6 Å². The van der Waals surface area contributed by atoms with E-state index in [-0.39, 0.29) is 32.4 Å². The Kier molecular flexibility index (Phi) is 7.12. The van der Waals surface area contributed by atoms with Gasteiger partial charge in [0.1, 0.15) is 4.21 Å². The SMILES string of the molecule is CNc1ccc(S(=O)(=O)c2cccc(S(=O)(=O)N3CCCC3c3ccccc3)c2)s1.Cl. The van der Waals surface area contributed by atoms with E-state index in [9.17, 15) is 16.8 Å². The summed E-state index contributed by atoms with van der Waals surface area (Å²) in [6.45, 7) is 0.412. The second-order valence-corrected chi connectivity index (χ2v) is 12.2. The Hall–Kier alpha value is -1.91. The highest BCUT2D eigenvalue weighted by Gasteiger charge is 2.36. The predicted octanol–water partition coefficient (Wildman–Crippen LogP) is 4.57. The fourth-order valence-corrected chi connectivity index (χ4v) is 8.10. The topological polar surface area (TPSA) is 83.5 Å². The van der Waals surface area contributed by atoms with Crippen LogP contribution < -0.4 is 5.32 Å². The first-order valence-electron chi connectivity index (χ1n) is 9.53. The van der Waals surface area contributed by atoms with Gasteiger partial charge < -0.3 is 5.32 Å². The van der Waals surface area contributed by atoms with Crippen molar-refractivity contribution < 1.29 is 16.8 Å². The van der Waals surface area contributed by atoms with Gasteiger partial charge in [0.05, 0.1) is 20.8 Å². The van der Waals surface area contributed by atoms with Crippen LogP contribution in [0.1, 0.15) is 24.4 Å². The molecule has 1 aromatic heterocycles. The van der Waals surface area contributed by atoms with Crippen LogP contribution in [-0.2, 0) is 19.9 Å². The molecule has 0 radical (unpaired) electrons. The number of sulfonamides is 1. The van der Waals surface area contributed by atoms with E-state index >= 15 is 0 Å². The number of anilines is 1. The fourth-order valence-electron chi connectivity index (χ4n) is 3.69. The Balaban J connectivity index is 0.00000272. The fraction of sp³-hybridized carbons (Fsp3) is 0.238. The molecule has 166 valence electrons. The molecule has 31 heavy (non-hydrogen) atoms. The number of sulfone groups is 1. The molecule has 1 atom stereocenters. The zero-order valence-electron chi connectivity index (χ0n) is 16.8. The summed E-state index contributed by atoms with van der Waals surface area (Å²) in [5.74, 6) is 0. The van der Waals surface area contributed by atoms with Crippen molar-refractivity contribution in [3.05, 3.63) is 72.3 Å². The molecule has 6 nitrogen and oxygen atoms in total. The summed E-state index contributed by atoms with van der Waals surface area (Å²) in [5, 5.41) is 3.64. The molecule has 0 saturated carbocycles. The largest absolute Gasteiger partial charge is 0.380 e. The maximum atomic E-state index is 13.4. The van der Waals surface area contributed by atoms with Crippen molar-refractivity contribution in [1.29, 1.82) is 0 Å². The standard InChI is InChI=1S/C21H22N2O4S3.ClH/c1-22-20-12-13-21(28-20)29(24,25)17-9-5-10-18(15-17)30(26,27)23-14-6-11-19(23)16-7-3-2-4-8-16;/h2-5,7-10,12-13,15,19,22H,6,11,14H2,1H3;1H. The Morgan fingerprint density at radius 2 is 1.65 bits per heavy atom. The van der Waals surface area contributed by atoms with Gasteiger partial charge >= 0.3 is 0 Å². The first-order valence-corrected chi connectivity index (χ1v) is 13.3. The normalized spacial score (nSPS) is 17.3. The third-order valence-corrected chi connectivity index (χ3v) is 10.5. The number of benzene rings is 2. The monoisotopic (exact) mass is 498 g/mol. The van der Waals surface area contributed by atoms with E-state index in [2.05, 4.69) is 5.32 Å². The maximum Gasteiger partial charge on any atom is 0.243 e. The second kappa shape index (κ2) is 9.30. The Morgan fingerprint density at radius 3 is 2.32 bits per heavy atom. The summed E-state index contributed by atoms with van der Waals surface area (Å²) in [5.41, 5.74) is 0.945. The summed E-state index contributed by atoms with van der Waals surface area (Å²) >= 11 is 1.11. The van der Waals surface area contributed by atoms with Crippen molar-refractivity contribution in [3.63, 3.8) is 0 Å². The molecule has 1 fully saturated rings. The van der Waals surface area contributed by atoms with E-state index in [4.69, 9.17) is 0 Å². The van der Waals surface area contributed by atoms with Gasteiger partial charge in [0.15, 0.2) is 0 Å². The predicted molar refractivity (Wildman–Crippen MR) is 125 cm³/mol. The van der Waals surface area contributed by atoms with E-state index in [1.807, 2.05) is 30.3 Å². The minimum Gasteiger partial charge on any atom is -0.380 e. The summed E-state index contributed by atoms with van der Waals surface area (Å²) in [6.07, 6.45) is 1.50. The van der Waals surface area contributed by atoms with Crippen LogP contribution in [0.4, 0.5) is 5.00 Å². The second-order valence-electron chi connectivity index (χ2n) is 7.03. The van der Waals surface area contributed by atoms with Crippen molar-refractivity contribution in [1.82, 2.24) is 4.31 Å². The molecule has 0 spiro atoms. The molecular formula is C21H23ClN2O4S3. The van der Waals surface area contributed by atoms with E-state index < -0.39 is 19.9 Å². The van der Waals surface area contributed by atoms with E-state index in [1.165, 1.54) is 34.6 Å². The third-order valence-electron chi connectivity index (χ3n) is 5.20. The molecule has 1 aliphatic heterocycles. The summed E-state index contributed by atoms with van der Waals surface area (Å²) < 4.78 is 54.5. The van der Waals surface area contributed by atoms with Gasteiger partial charge in [0.2, 0.25) is 19.9 Å². The number of thiophene rings is 1. The highest BCUT2D eigenvalue weighted by Crippen LogP contribution is 2.37. The number of rotatable bonds is 6. The smallest absolute Gasteiger partial charge is 0.243 e. The van der Waals surface area contributed by atoms with Crippen LogP contribution in [0.2, 0.25) is 0 Å². The number of nitrogens with zero attached hydrogens (tertiary/aromatic N) is 1. The molecule has 0 bridgehead atoms. The number of halogens is 1. The van der Waals surface area contributed by atoms with Crippen LogP contribution >= 0.6 is 23.7 Å². The van der Waals surface area contributed by atoms with Gasteiger partial charge in [-0.1, -0.05) is 36.4 Å². The molecule has 4 rings (SSSR count). The first-order chi connectivity index (χ1) is 14.3. The molecule has 0 amide bonds. The van der Waals surface area contributed by atoms with Crippen LogP contribution in [0.25, 0.3) is 0 Å². The number of hydrogen-bond donors (Lipinski definition) is 1. The van der Waals surface area contributed by atoms with Crippen molar-refractivity contribution in [3.8, 4) is 0 Å². The quantitative estimate of drug-likeness (QED) is 0.538. The van der Waals surface area contributed by atoms with Crippen LogP contribution in [0, 0.1) is 0 Å². The molecular weight excluding hydrogens is 476 g/mol. The van der Waals surface area contributed by atoms with Gasteiger partial charge in [-0.05, 0) is 48.7 Å². The third kappa shape index (κ3) is 4.51. The molecule has 10 heteroatoms. The molecule has 3 aromatic rings. The Bertz CT molecular complexity index is 1260. The van der Waals surface area contributed by atoms with Gasteiger partial charge in [-0.2, -0.15) is 4.31 Å². The minimum absolute atomic E-state index is 0. The lowest BCUT2D eigenvalue weighted by molar-refractivity contribution is 0.396. The number of hydrogen-bond acceptors (Lipinski definition) is 6. The maximum absolute atomic E-state index is 13.4. The zero-order valence-corrected chi connectivity index (χ0v) is 20.0. The van der Waals surface area contributed by atoms with E-state index in [0.717, 1.165) is 34.7 Å². The van der Waals surface area contributed by atoms with Gasteiger partial charge in [-0.25, -0.2) is 16.8 Å². The lowest BCUT2D eigenvalue weighted by Crippen LogP contribution is -2.30. The van der Waals surface area contributed by atoms with Crippen molar-refractivity contribution >= 4 is 48.6 Å². The minimum atomic E-state index is -3.84. The highest BCUT2D eigenvalue weighted by molar-refractivity contribution is 7.93. The van der Waals surface area contributed by atoms with Crippen molar-refractivity contribution in [2.24, 2.45) is 0 Å². The number of nitrogens with one attached hydrogen (secondary N) is 1. The van der Waals surface area contributed by atoms with Gasteiger partial charge in [-0.3, -0.25) is 0 Å². The van der Waals surface area contributed by atoms with Crippen LogP contribution in [0.5, 0.6) is 0 Å². The average molecular weight is 499 g/mol. The average Bonchev–Trinajstić information content (AvgIpc) is 3.45. The lowest BCUT2D eigenvalue weighted by atomic mass is 10.1. The molecule has 2 aromatic carbocycles. The molecule has 1 unspecified atom stereocenters. The van der Waals surface area contributed by atoms with Gasteiger partial charge in [-0.15, -0.1) is 23.7 Å². The Labute approximate surface area is 193 Å². The van der Waals surface area contributed by atoms with Crippen molar-refractivity contribution in [2.75, 3.05) is 18.9 Å². The first kappa shape index (κ1) is 23.7. The van der Waals surface area contributed by atoms with Crippen LogP contribution in [-0.4, -0.2) is 34.7 Å². The molecule has 2 heterocycles. The van der Waals surface area contributed by atoms with Crippen molar-refractivity contribution in [2.45, 2.75) is 32.9 Å². The van der Waals surface area contributed by atoms with Gasteiger partial charge in [0.25, 0.3) is 0 Å². The molecule has 1 N–H and O–H groups in total. The summed E-state index contributed by atoms with van der Waals surface area (Å²) in [6, 6.07) is 18.2. The lowest BCUT2D eigenvalue weighted by Gasteiger charge is -2.24. The summed E-state index contributed by atoms with van der Waals surface area (Å²) in [4.78, 5) is -0.0275. The van der Waals surface area contributed by atoms with E-state index in [1.54, 1.807) is 13.1 Å². The molecule has 0 aliphatic carbocycles. The Morgan fingerprint density at radius 1 is 0.935 bits per heavy atom. The van der Waals surface area contributed by atoms with Crippen LogP contribution in [0.3, 0.4) is 0 Å².